The fourth-order valence-electron chi connectivity index (χ4n) is 2.80. The van der Waals surface area contributed by atoms with E-state index in [4.69, 9.17) is 10.2 Å². The highest BCUT2D eigenvalue weighted by molar-refractivity contribution is 5.78. The van der Waals surface area contributed by atoms with Gasteiger partial charge in [-0.3, -0.25) is 19.2 Å². The summed E-state index contributed by atoms with van der Waals surface area (Å²) in [6.07, 6.45) is 10.6. The maximum Gasteiger partial charge on any atom is 0.303 e. The number of carboxylic acid groups (broad SMARTS) is 2. The zero-order valence-corrected chi connectivity index (χ0v) is 15.8. The molecule has 0 fully saturated rings. The molecule has 0 aliphatic carbocycles. The molecule has 0 aromatic carbocycles. The van der Waals surface area contributed by atoms with Crippen molar-refractivity contribution in [3.63, 3.8) is 0 Å². The third-order valence-electron chi connectivity index (χ3n) is 4.35. The second-order valence-electron chi connectivity index (χ2n) is 6.90. The van der Waals surface area contributed by atoms with E-state index in [9.17, 15) is 19.2 Å². The first-order chi connectivity index (χ1) is 12.4. The molecule has 0 bridgehead atoms. The number of unbranched alkanes of at least 4 members (excludes halogenated alkanes) is 7. The standard InChI is InChI=1S/C20H34O6/c21-17(13-7-3-9-15-19(23)24)11-5-1-2-6-12-18(22)14-8-4-10-16-20(25)26/h1-16H2,(H,23,24)(H,25,26). The summed E-state index contributed by atoms with van der Waals surface area (Å²) in [4.78, 5) is 44.1. The van der Waals surface area contributed by atoms with E-state index < -0.39 is 11.9 Å². The molecule has 0 heterocycles. The van der Waals surface area contributed by atoms with Gasteiger partial charge < -0.3 is 10.2 Å². The highest BCUT2D eigenvalue weighted by Crippen LogP contribution is 2.11. The summed E-state index contributed by atoms with van der Waals surface area (Å²) in [5, 5.41) is 17.0. The lowest BCUT2D eigenvalue weighted by molar-refractivity contribution is -0.138. The molecule has 0 rings (SSSR count). The number of hydrogen-bond acceptors (Lipinski definition) is 4. The Morgan fingerprint density at radius 2 is 0.615 bits per heavy atom. The molecule has 2 N–H and O–H groups in total. The van der Waals surface area contributed by atoms with Crippen LogP contribution >= 0.6 is 0 Å². The van der Waals surface area contributed by atoms with Crippen LogP contribution in [0.3, 0.4) is 0 Å². The van der Waals surface area contributed by atoms with E-state index in [0.717, 1.165) is 51.4 Å². The van der Waals surface area contributed by atoms with Crippen molar-refractivity contribution in [1.29, 1.82) is 0 Å². The smallest absolute Gasteiger partial charge is 0.303 e. The number of aliphatic carboxylic acids is 2. The van der Waals surface area contributed by atoms with E-state index in [-0.39, 0.29) is 24.4 Å². The van der Waals surface area contributed by atoms with Gasteiger partial charge in [0.15, 0.2) is 0 Å². The minimum absolute atomic E-state index is 0.176. The lowest BCUT2D eigenvalue weighted by atomic mass is 10.0. The molecule has 0 aromatic heterocycles. The average molecular weight is 370 g/mol. The van der Waals surface area contributed by atoms with Gasteiger partial charge in [0.2, 0.25) is 0 Å². The van der Waals surface area contributed by atoms with Gasteiger partial charge in [0.25, 0.3) is 0 Å². The van der Waals surface area contributed by atoms with Crippen LogP contribution in [0.5, 0.6) is 0 Å². The molecular formula is C20H34O6. The number of rotatable bonds is 19. The van der Waals surface area contributed by atoms with Crippen LogP contribution in [0.2, 0.25) is 0 Å². The topological polar surface area (TPSA) is 109 Å². The highest BCUT2D eigenvalue weighted by atomic mass is 16.4. The first kappa shape index (κ1) is 24.3. The monoisotopic (exact) mass is 370 g/mol. The van der Waals surface area contributed by atoms with Gasteiger partial charge >= 0.3 is 11.9 Å². The van der Waals surface area contributed by atoms with Gasteiger partial charge in [-0.15, -0.1) is 0 Å². The number of carbonyl (C=O) groups is 4. The van der Waals surface area contributed by atoms with Crippen LogP contribution in [0.15, 0.2) is 0 Å². The predicted molar refractivity (Wildman–Crippen MR) is 99.2 cm³/mol. The van der Waals surface area contributed by atoms with Crippen molar-refractivity contribution < 1.29 is 29.4 Å². The quantitative estimate of drug-likeness (QED) is 0.323. The van der Waals surface area contributed by atoms with E-state index >= 15 is 0 Å². The Bertz CT molecular complexity index is 390. The third-order valence-corrected chi connectivity index (χ3v) is 4.35. The lowest BCUT2D eigenvalue weighted by Crippen LogP contribution is -2.00. The summed E-state index contributed by atoms with van der Waals surface area (Å²) in [5.74, 6) is -1.07. The van der Waals surface area contributed by atoms with Crippen molar-refractivity contribution in [3.05, 3.63) is 0 Å². The number of ketones is 2. The summed E-state index contributed by atoms with van der Waals surface area (Å²) in [6, 6.07) is 0. The van der Waals surface area contributed by atoms with Gasteiger partial charge in [-0.25, -0.2) is 0 Å². The van der Waals surface area contributed by atoms with Gasteiger partial charge in [0.1, 0.15) is 11.6 Å². The molecule has 0 unspecified atom stereocenters. The van der Waals surface area contributed by atoms with Crippen LogP contribution in [0.25, 0.3) is 0 Å². The molecule has 6 heteroatoms. The molecule has 0 radical (unpaired) electrons. The molecule has 0 spiro atoms. The van der Waals surface area contributed by atoms with E-state index in [1.807, 2.05) is 0 Å². The fourth-order valence-corrected chi connectivity index (χ4v) is 2.80. The maximum absolute atomic E-state index is 11.7. The van der Waals surface area contributed by atoms with E-state index in [0.29, 0.717) is 38.5 Å². The molecule has 0 aromatic rings. The van der Waals surface area contributed by atoms with Gasteiger partial charge in [0, 0.05) is 38.5 Å². The van der Waals surface area contributed by atoms with Crippen LogP contribution in [0.1, 0.15) is 103 Å². The normalized spacial score (nSPS) is 10.6. The van der Waals surface area contributed by atoms with E-state index in [2.05, 4.69) is 0 Å². The Morgan fingerprint density at radius 1 is 0.385 bits per heavy atom. The second-order valence-corrected chi connectivity index (χ2v) is 6.90. The zero-order valence-electron chi connectivity index (χ0n) is 15.8. The van der Waals surface area contributed by atoms with E-state index in [1.165, 1.54) is 0 Å². The molecule has 0 amide bonds. The molecule has 0 atom stereocenters. The summed E-state index contributed by atoms with van der Waals surface area (Å²) < 4.78 is 0. The molecule has 150 valence electrons. The lowest BCUT2D eigenvalue weighted by Gasteiger charge is -2.03. The second kappa shape index (κ2) is 16.7. The van der Waals surface area contributed by atoms with Crippen LogP contribution in [-0.2, 0) is 19.2 Å². The molecule has 0 saturated heterocycles. The van der Waals surface area contributed by atoms with Crippen molar-refractivity contribution >= 4 is 23.5 Å². The third kappa shape index (κ3) is 18.6. The van der Waals surface area contributed by atoms with Gasteiger partial charge in [-0.05, 0) is 38.5 Å². The number of hydrogen-bond donors (Lipinski definition) is 2. The fraction of sp³-hybridized carbons (Fsp3) is 0.800. The van der Waals surface area contributed by atoms with Crippen molar-refractivity contribution in [2.45, 2.75) is 103 Å². The van der Waals surface area contributed by atoms with Crippen molar-refractivity contribution in [2.75, 3.05) is 0 Å². The van der Waals surface area contributed by atoms with Crippen LogP contribution < -0.4 is 0 Å². The summed E-state index contributed by atoms with van der Waals surface area (Å²) in [6.45, 7) is 0. The first-order valence-electron chi connectivity index (χ1n) is 9.89. The Labute approximate surface area is 156 Å². The summed E-state index contributed by atoms with van der Waals surface area (Å²) in [7, 11) is 0. The van der Waals surface area contributed by atoms with Crippen molar-refractivity contribution in [1.82, 2.24) is 0 Å². The molecule has 6 nitrogen and oxygen atoms in total. The van der Waals surface area contributed by atoms with Gasteiger partial charge in [-0.1, -0.05) is 25.7 Å². The Kier molecular flexibility index (Phi) is 15.6. The Morgan fingerprint density at radius 3 is 0.885 bits per heavy atom. The first-order valence-corrected chi connectivity index (χ1v) is 9.89. The SMILES string of the molecule is O=C(O)CCCCCC(=O)CCCCCCC(=O)CCCCCC(=O)O. The van der Waals surface area contributed by atoms with Gasteiger partial charge in [-0.2, -0.15) is 0 Å². The predicted octanol–water partition coefficient (Wildman–Crippen LogP) is 4.54. The Balaban J connectivity index is 3.35. The van der Waals surface area contributed by atoms with Crippen molar-refractivity contribution in [3.8, 4) is 0 Å². The number of Topliss-reactive ketones (excluding diaryl/α,β-unsaturated/α-hetero) is 2. The Hall–Kier alpha value is -1.72. The van der Waals surface area contributed by atoms with Crippen LogP contribution in [-0.4, -0.2) is 33.7 Å². The molecule has 26 heavy (non-hydrogen) atoms. The minimum atomic E-state index is -0.784. The number of carboxylic acids is 2. The highest BCUT2D eigenvalue weighted by Gasteiger charge is 2.05. The maximum atomic E-state index is 11.7. The summed E-state index contributed by atoms with van der Waals surface area (Å²) >= 11 is 0. The molecular weight excluding hydrogens is 336 g/mol. The summed E-state index contributed by atoms with van der Waals surface area (Å²) in [5.41, 5.74) is 0. The molecule has 0 aliphatic heterocycles. The number of carbonyl (C=O) groups excluding carboxylic acids is 2. The average Bonchev–Trinajstić information content (AvgIpc) is 2.56. The van der Waals surface area contributed by atoms with E-state index in [1.54, 1.807) is 0 Å². The zero-order chi connectivity index (χ0) is 19.6. The minimum Gasteiger partial charge on any atom is -0.481 e. The van der Waals surface area contributed by atoms with Crippen LogP contribution in [0, 0.1) is 0 Å². The van der Waals surface area contributed by atoms with Gasteiger partial charge in [0.05, 0.1) is 0 Å². The van der Waals surface area contributed by atoms with Crippen molar-refractivity contribution in [2.24, 2.45) is 0 Å². The van der Waals surface area contributed by atoms with Crippen LogP contribution in [0.4, 0.5) is 0 Å². The molecule has 0 aliphatic rings. The largest absolute Gasteiger partial charge is 0.481 e. The molecule has 0 saturated carbocycles.